The van der Waals surface area contributed by atoms with Gasteiger partial charge >= 0.3 is 0 Å². The molecule has 1 aromatic carbocycles. The maximum atomic E-state index is 11.1. The molecule has 0 heterocycles. The maximum Gasteiger partial charge on any atom is 0.239 e. The number of hydrazone groups is 1. The van der Waals surface area contributed by atoms with Crippen molar-refractivity contribution in [1.82, 2.24) is 5.01 Å². The minimum Gasteiger partial charge on any atom is -0.394 e. The standard InChI is InChI=1S/C11H14N2O2/c1-10(15)13(7-8-14)12-9-11-5-3-2-4-6-11/h2-6,9,14H,7-8H2,1H3. The zero-order valence-electron chi connectivity index (χ0n) is 8.63. The van der Waals surface area contributed by atoms with Gasteiger partial charge in [0.2, 0.25) is 5.91 Å². The summed E-state index contributed by atoms with van der Waals surface area (Å²) < 4.78 is 0. The van der Waals surface area contributed by atoms with Crippen LogP contribution in [0.1, 0.15) is 12.5 Å². The molecule has 0 aromatic heterocycles. The lowest BCUT2D eigenvalue weighted by Gasteiger charge is -2.12. The van der Waals surface area contributed by atoms with Crippen molar-refractivity contribution in [1.29, 1.82) is 0 Å². The summed E-state index contributed by atoms with van der Waals surface area (Å²) in [6.45, 7) is 1.54. The molecule has 1 amide bonds. The van der Waals surface area contributed by atoms with E-state index in [2.05, 4.69) is 5.10 Å². The van der Waals surface area contributed by atoms with Crippen LogP contribution in [0.5, 0.6) is 0 Å². The molecule has 0 radical (unpaired) electrons. The predicted molar refractivity (Wildman–Crippen MR) is 58.5 cm³/mol. The third-order valence-corrected chi connectivity index (χ3v) is 1.82. The van der Waals surface area contributed by atoms with Crippen molar-refractivity contribution in [3.63, 3.8) is 0 Å². The number of carbonyl (C=O) groups is 1. The molecule has 0 unspecified atom stereocenters. The molecule has 0 saturated carbocycles. The van der Waals surface area contributed by atoms with Gasteiger partial charge in [-0.3, -0.25) is 4.79 Å². The fraction of sp³-hybridized carbons (Fsp3) is 0.273. The normalized spacial score (nSPS) is 10.5. The Labute approximate surface area is 88.8 Å². The first kappa shape index (κ1) is 11.4. The molecule has 1 aromatic rings. The Morgan fingerprint density at radius 1 is 1.47 bits per heavy atom. The number of benzene rings is 1. The predicted octanol–water partition coefficient (Wildman–Crippen LogP) is 0.861. The molecule has 0 bridgehead atoms. The fourth-order valence-corrected chi connectivity index (χ4v) is 1.07. The van der Waals surface area contributed by atoms with Crippen molar-refractivity contribution >= 4 is 12.1 Å². The zero-order chi connectivity index (χ0) is 11.1. The molecular formula is C11H14N2O2. The Bertz CT molecular complexity index is 336. The third-order valence-electron chi connectivity index (χ3n) is 1.82. The quantitative estimate of drug-likeness (QED) is 0.587. The molecule has 0 spiro atoms. The molecule has 0 atom stereocenters. The first-order chi connectivity index (χ1) is 7.24. The van der Waals surface area contributed by atoms with Crippen molar-refractivity contribution < 1.29 is 9.90 Å². The molecular weight excluding hydrogens is 192 g/mol. The summed E-state index contributed by atoms with van der Waals surface area (Å²) in [7, 11) is 0. The van der Waals surface area contributed by atoms with Crippen LogP contribution in [0, 0.1) is 0 Å². The molecule has 80 valence electrons. The van der Waals surface area contributed by atoms with Gasteiger partial charge in [0, 0.05) is 6.92 Å². The van der Waals surface area contributed by atoms with Crippen LogP contribution in [-0.2, 0) is 4.79 Å². The number of aliphatic hydroxyl groups is 1. The molecule has 15 heavy (non-hydrogen) atoms. The van der Waals surface area contributed by atoms with Crippen LogP contribution in [0.15, 0.2) is 35.4 Å². The molecule has 0 aliphatic carbocycles. The summed E-state index contributed by atoms with van der Waals surface area (Å²) >= 11 is 0. The summed E-state index contributed by atoms with van der Waals surface area (Å²) in [6, 6.07) is 9.48. The van der Waals surface area contributed by atoms with Crippen molar-refractivity contribution in [2.45, 2.75) is 6.92 Å². The third kappa shape index (κ3) is 3.91. The summed E-state index contributed by atoms with van der Waals surface area (Å²) in [6.07, 6.45) is 1.59. The monoisotopic (exact) mass is 206 g/mol. The number of hydrogen-bond acceptors (Lipinski definition) is 3. The van der Waals surface area contributed by atoms with Crippen molar-refractivity contribution in [3.05, 3.63) is 35.9 Å². The minimum absolute atomic E-state index is 0.0916. The second-order valence-corrected chi connectivity index (χ2v) is 3.02. The molecule has 1 N–H and O–H groups in total. The Morgan fingerprint density at radius 3 is 2.67 bits per heavy atom. The van der Waals surface area contributed by atoms with Gasteiger partial charge < -0.3 is 5.11 Å². The van der Waals surface area contributed by atoms with Crippen LogP contribution >= 0.6 is 0 Å². The average molecular weight is 206 g/mol. The van der Waals surface area contributed by atoms with Crippen LogP contribution in [-0.4, -0.2) is 35.4 Å². The Hall–Kier alpha value is -1.68. The van der Waals surface area contributed by atoms with E-state index < -0.39 is 0 Å². The van der Waals surface area contributed by atoms with Crippen LogP contribution in [0.4, 0.5) is 0 Å². The van der Waals surface area contributed by atoms with Gasteiger partial charge in [0.15, 0.2) is 0 Å². The van der Waals surface area contributed by atoms with E-state index in [1.807, 2.05) is 30.3 Å². The van der Waals surface area contributed by atoms with E-state index in [4.69, 9.17) is 5.11 Å². The van der Waals surface area contributed by atoms with E-state index in [1.54, 1.807) is 6.21 Å². The largest absolute Gasteiger partial charge is 0.394 e. The lowest BCUT2D eigenvalue weighted by Crippen LogP contribution is -2.26. The van der Waals surface area contributed by atoms with Crippen molar-refractivity contribution in [2.75, 3.05) is 13.2 Å². The van der Waals surface area contributed by atoms with Gasteiger partial charge in [-0.05, 0) is 5.56 Å². The minimum atomic E-state index is -0.184. The van der Waals surface area contributed by atoms with Crippen LogP contribution in [0.3, 0.4) is 0 Å². The van der Waals surface area contributed by atoms with Gasteiger partial charge in [-0.25, -0.2) is 5.01 Å². The molecule has 0 fully saturated rings. The maximum absolute atomic E-state index is 11.1. The van der Waals surface area contributed by atoms with Crippen LogP contribution in [0.2, 0.25) is 0 Å². The van der Waals surface area contributed by atoms with Crippen molar-refractivity contribution in [3.8, 4) is 0 Å². The summed E-state index contributed by atoms with van der Waals surface area (Å²) in [5.41, 5.74) is 0.918. The van der Waals surface area contributed by atoms with Gasteiger partial charge in [0.1, 0.15) is 0 Å². The number of rotatable bonds is 4. The smallest absolute Gasteiger partial charge is 0.239 e. The topological polar surface area (TPSA) is 52.9 Å². The highest BCUT2D eigenvalue weighted by atomic mass is 16.3. The summed E-state index contributed by atoms with van der Waals surface area (Å²) in [4.78, 5) is 11.1. The number of aliphatic hydroxyl groups excluding tert-OH is 1. The number of hydrogen-bond donors (Lipinski definition) is 1. The molecule has 0 saturated heterocycles. The van der Waals surface area contributed by atoms with Gasteiger partial charge in [0.05, 0.1) is 19.4 Å². The fourth-order valence-electron chi connectivity index (χ4n) is 1.07. The van der Waals surface area contributed by atoms with Crippen LogP contribution < -0.4 is 0 Å². The molecule has 4 nitrogen and oxygen atoms in total. The average Bonchev–Trinajstić information content (AvgIpc) is 2.25. The van der Waals surface area contributed by atoms with Crippen molar-refractivity contribution in [2.24, 2.45) is 5.10 Å². The summed E-state index contributed by atoms with van der Waals surface area (Å²) in [5.74, 6) is -0.184. The van der Waals surface area contributed by atoms with E-state index >= 15 is 0 Å². The van der Waals surface area contributed by atoms with Gasteiger partial charge in [-0.15, -0.1) is 0 Å². The molecule has 1 rings (SSSR count). The Kier molecular flexibility index (Phi) is 4.50. The second-order valence-electron chi connectivity index (χ2n) is 3.02. The van der Waals surface area contributed by atoms with Gasteiger partial charge in [0.25, 0.3) is 0 Å². The second kappa shape index (κ2) is 5.93. The first-order valence-electron chi connectivity index (χ1n) is 4.72. The lowest BCUT2D eigenvalue weighted by molar-refractivity contribution is -0.129. The zero-order valence-corrected chi connectivity index (χ0v) is 8.63. The van der Waals surface area contributed by atoms with Crippen LogP contribution in [0.25, 0.3) is 0 Å². The Morgan fingerprint density at radius 2 is 2.13 bits per heavy atom. The Balaban J connectivity index is 2.65. The van der Waals surface area contributed by atoms with E-state index in [0.29, 0.717) is 0 Å². The molecule has 4 heteroatoms. The first-order valence-corrected chi connectivity index (χ1v) is 4.72. The van der Waals surface area contributed by atoms with Gasteiger partial charge in [-0.1, -0.05) is 30.3 Å². The molecule has 0 aliphatic heterocycles. The highest BCUT2D eigenvalue weighted by Crippen LogP contribution is 1.96. The highest BCUT2D eigenvalue weighted by molar-refractivity contribution is 5.81. The molecule has 0 aliphatic rings. The summed E-state index contributed by atoms with van der Waals surface area (Å²) in [5, 5.41) is 13.9. The number of carbonyl (C=O) groups excluding carboxylic acids is 1. The van der Waals surface area contributed by atoms with E-state index in [-0.39, 0.29) is 19.1 Å². The SMILES string of the molecule is CC(=O)N(CCO)N=Cc1ccccc1. The number of amides is 1. The van der Waals surface area contributed by atoms with E-state index in [9.17, 15) is 4.79 Å². The van der Waals surface area contributed by atoms with E-state index in [0.717, 1.165) is 5.56 Å². The van der Waals surface area contributed by atoms with E-state index in [1.165, 1.54) is 11.9 Å². The lowest BCUT2D eigenvalue weighted by atomic mass is 10.2. The number of nitrogens with zero attached hydrogens (tertiary/aromatic N) is 2. The highest BCUT2D eigenvalue weighted by Gasteiger charge is 2.03. The van der Waals surface area contributed by atoms with Gasteiger partial charge in [-0.2, -0.15) is 5.10 Å².